The van der Waals surface area contributed by atoms with Gasteiger partial charge in [0.05, 0.1) is 24.4 Å². The SMILES string of the molecule is COc1cnc2c(Oc3cc(F)c(CC(=O)c4c(C)[nH]c(C)c(-c5ccc(F)cc5C)c4=O)cc3F)ccnc2c1. The van der Waals surface area contributed by atoms with Gasteiger partial charge in [0.2, 0.25) is 5.43 Å². The molecule has 2 aromatic carbocycles. The average Bonchev–Trinajstić information content (AvgIpc) is 2.92. The smallest absolute Gasteiger partial charge is 0.200 e. The van der Waals surface area contributed by atoms with Gasteiger partial charge in [-0.3, -0.25) is 14.6 Å². The van der Waals surface area contributed by atoms with Gasteiger partial charge in [0.25, 0.3) is 0 Å². The summed E-state index contributed by atoms with van der Waals surface area (Å²) in [5.41, 5.74) is 1.71. The van der Waals surface area contributed by atoms with Gasteiger partial charge in [0, 0.05) is 47.8 Å². The third-order valence-corrected chi connectivity index (χ3v) is 6.74. The highest BCUT2D eigenvalue weighted by Crippen LogP contribution is 2.32. The van der Waals surface area contributed by atoms with E-state index in [0.717, 1.165) is 12.1 Å². The van der Waals surface area contributed by atoms with Crippen LogP contribution in [0.15, 0.2) is 59.7 Å². The van der Waals surface area contributed by atoms with Crippen LogP contribution in [0.25, 0.3) is 22.2 Å². The lowest BCUT2D eigenvalue weighted by Crippen LogP contribution is -2.23. The Balaban J connectivity index is 1.46. The van der Waals surface area contributed by atoms with Crippen molar-refractivity contribution < 1.29 is 27.4 Å². The number of carbonyl (C=O) groups excluding carboxylic acids is 1. The zero-order chi connectivity index (χ0) is 29.4. The lowest BCUT2D eigenvalue weighted by molar-refractivity contribution is 0.0989. The second-order valence-corrected chi connectivity index (χ2v) is 9.54. The molecule has 0 aliphatic carbocycles. The van der Waals surface area contributed by atoms with Crippen LogP contribution in [-0.4, -0.2) is 27.8 Å². The van der Waals surface area contributed by atoms with Gasteiger partial charge in [-0.15, -0.1) is 0 Å². The monoisotopic (exact) mass is 559 g/mol. The number of aromatic nitrogens is 3. The molecule has 5 aromatic rings. The minimum absolute atomic E-state index is 0.144. The summed E-state index contributed by atoms with van der Waals surface area (Å²) in [5, 5.41) is 0. The van der Waals surface area contributed by atoms with Crippen molar-refractivity contribution in [3.8, 4) is 28.4 Å². The van der Waals surface area contributed by atoms with Crippen molar-refractivity contribution in [2.45, 2.75) is 27.2 Å². The van der Waals surface area contributed by atoms with Gasteiger partial charge >= 0.3 is 0 Å². The molecule has 0 spiro atoms. The first-order valence-corrected chi connectivity index (χ1v) is 12.5. The molecular formula is C31H24F3N3O4. The Morgan fingerprint density at radius 2 is 1.71 bits per heavy atom. The number of hydrogen-bond donors (Lipinski definition) is 1. The van der Waals surface area contributed by atoms with E-state index in [1.165, 1.54) is 43.8 Å². The molecule has 0 bridgehead atoms. The third kappa shape index (κ3) is 5.28. The van der Waals surface area contributed by atoms with E-state index in [1.807, 2.05) is 0 Å². The van der Waals surface area contributed by atoms with Gasteiger partial charge < -0.3 is 14.5 Å². The van der Waals surface area contributed by atoms with Gasteiger partial charge in [-0.2, -0.15) is 0 Å². The Labute approximate surface area is 232 Å². The molecule has 0 aliphatic rings. The Morgan fingerprint density at radius 1 is 0.927 bits per heavy atom. The van der Waals surface area contributed by atoms with Gasteiger partial charge in [0.15, 0.2) is 23.1 Å². The first kappa shape index (κ1) is 27.6. The number of nitrogens with zero attached hydrogens (tertiary/aromatic N) is 2. The summed E-state index contributed by atoms with van der Waals surface area (Å²) < 4.78 is 54.7. The van der Waals surface area contributed by atoms with Crippen LogP contribution >= 0.6 is 0 Å². The molecule has 3 heterocycles. The number of halogens is 3. The molecule has 3 aromatic heterocycles. The molecule has 0 atom stereocenters. The normalized spacial score (nSPS) is 11.1. The number of fused-ring (bicyclic) bond motifs is 1. The third-order valence-electron chi connectivity index (χ3n) is 6.74. The van der Waals surface area contributed by atoms with E-state index in [1.54, 1.807) is 26.8 Å². The number of H-pyrrole nitrogens is 1. The number of aryl methyl sites for hydroxylation is 3. The standard InChI is InChI=1S/C31H24F3N3O4/c1-15-9-19(32)5-6-21(15)28-16(2)37-17(3)29(31(28)39)25(38)11-18-10-23(34)27(13-22(18)33)41-26-7-8-35-24-12-20(40-4)14-36-30(24)26/h5-10,12-14H,11H2,1-4H3,(H,37,39). The van der Waals surface area contributed by atoms with Gasteiger partial charge in [0.1, 0.15) is 22.9 Å². The first-order chi connectivity index (χ1) is 19.6. The molecule has 0 amide bonds. The van der Waals surface area contributed by atoms with E-state index in [-0.39, 0.29) is 28.1 Å². The predicted octanol–water partition coefficient (Wildman–Crippen LogP) is 6.55. The number of hydrogen-bond acceptors (Lipinski definition) is 6. The zero-order valence-corrected chi connectivity index (χ0v) is 22.6. The fourth-order valence-electron chi connectivity index (χ4n) is 4.78. The Bertz CT molecular complexity index is 1900. The Hall–Kier alpha value is -4.99. The van der Waals surface area contributed by atoms with Crippen LogP contribution in [0, 0.1) is 38.2 Å². The number of Topliss-reactive ketones (excluding diaryl/α,β-unsaturated/α-hetero) is 1. The summed E-state index contributed by atoms with van der Waals surface area (Å²) >= 11 is 0. The summed E-state index contributed by atoms with van der Waals surface area (Å²) in [4.78, 5) is 38.2. The molecular weight excluding hydrogens is 535 g/mol. The Morgan fingerprint density at radius 3 is 2.44 bits per heavy atom. The first-order valence-electron chi connectivity index (χ1n) is 12.5. The summed E-state index contributed by atoms with van der Waals surface area (Å²) in [6.45, 7) is 4.88. The van der Waals surface area contributed by atoms with Crippen LogP contribution in [0.3, 0.4) is 0 Å². The van der Waals surface area contributed by atoms with E-state index in [4.69, 9.17) is 9.47 Å². The summed E-state index contributed by atoms with van der Waals surface area (Å²) in [7, 11) is 1.48. The molecule has 0 fully saturated rings. The fourth-order valence-corrected chi connectivity index (χ4v) is 4.78. The highest BCUT2D eigenvalue weighted by atomic mass is 19.1. The van der Waals surface area contributed by atoms with E-state index in [2.05, 4.69) is 15.0 Å². The highest BCUT2D eigenvalue weighted by Gasteiger charge is 2.23. The number of carbonyl (C=O) groups is 1. The molecule has 0 aliphatic heterocycles. The maximum absolute atomic E-state index is 15.2. The van der Waals surface area contributed by atoms with Crippen molar-refractivity contribution in [2.75, 3.05) is 7.11 Å². The highest BCUT2D eigenvalue weighted by molar-refractivity contribution is 5.99. The van der Waals surface area contributed by atoms with Crippen molar-refractivity contribution in [1.82, 2.24) is 15.0 Å². The largest absolute Gasteiger partial charge is 0.495 e. The van der Waals surface area contributed by atoms with E-state index < -0.39 is 40.8 Å². The van der Waals surface area contributed by atoms with Crippen LogP contribution < -0.4 is 14.9 Å². The second kappa shape index (κ2) is 10.9. The quantitative estimate of drug-likeness (QED) is 0.227. The van der Waals surface area contributed by atoms with Gasteiger partial charge in [-0.05, 0) is 55.7 Å². The van der Waals surface area contributed by atoms with Crippen LogP contribution in [-0.2, 0) is 6.42 Å². The number of nitrogens with one attached hydrogen (secondary N) is 1. The van der Waals surface area contributed by atoms with Gasteiger partial charge in [-0.25, -0.2) is 18.2 Å². The van der Waals surface area contributed by atoms with Gasteiger partial charge in [-0.1, -0.05) is 6.07 Å². The van der Waals surface area contributed by atoms with E-state index >= 15 is 8.78 Å². The molecule has 5 rings (SSSR count). The van der Waals surface area contributed by atoms with Crippen molar-refractivity contribution in [3.05, 3.63) is 111 Å². The second-order valence-electron chi connectivity index (χ2n) is 9.54. The summed E-state index contributed by atoms with van der Waals surface area (Å²) in [6.07, 6.45) is 2.31. The molecule has 208 valence electrons. The van der Waals surface area contributed by atoms with Crippen molar-refractivity contribution >= 4 is 16.8 Å². The molecule has 0 unspecified atom stereocenters. The van der Waals surface area contributed by atoms with Crippen molar-refractivity contribution in [2.24, 2.45) is 0 Å². The number of ether oxygens (including phenoxy) is 2. The molecule has 0 radical (unpaired) electrons. The fraction of sp³-hybridized carbons (Fsp3) is 0.161. The average molecular weight is 560 g/mol. The number of pyridine rings is 3. The molecule has 1 N–H and O–H groups in total. The van der Waals surface area contributed by atoms with Crippen LogP contribution in [0.2, 0.25) is 0 Å². The van der Waals surface area contributed by atoms with Crippen molar-refractivity contribution in [1.29, 1.82) is 0 Å². The summed E-state index contributed by atoms with van der Waals surface area (Å²) in [6, 6.07) is 8.78. The molecule has 41 heavy (non-hydrogen) atoms. The van der Waals surface area contributed by atoms with Crippen molar-refractivity contribution in [3.63, 3.8) is 0 Å². The molecule has 0 saturated heterocycles. The minimum Gasteiger partial charge on any atom is -0.495 e. The zero-order valence-electron chi connectivity index (χ0n) is 22.6. The summed E-state index contributed by atoms with van der Waals surface area (Å²) in [5.74, 6) is -2.76. The lowest BCUT2D eigenvalue weighted by atomic mass is 9.93. The Kier molecular flexibility index (Phi) is 7.32. The number of methoxy groups -OCH3 is 1. The molecule has 10 heteroatoms. The lowest BCUT2D eigenvalue weighted by Gasteiger charge is -2.14. The number of ketones is 1. The maximum atomic E-state index is 15.2. The molecule has 0 saturated carbocycles. The predicted molar refractivity (Wildman–Crippen MR) is 147 cm³/mol. The van der Waals surface area contributed by atoms with Crippen LogP contribution in [0.5, 0.6) is 17.2 Å². The topological polar surface area (TPSA) is 94.2 Å². The number of benzene rings is 2. The van der Waals surface area contributed by atoms with E-state index in [9.17, 15) is 14.0 Å². The number of aromatic amines is 1. The minimum atomic E-state index is -0.912. The van der Waals surface area contributed by atoms with E-state index in [0.29, 0.717) is 33.6 Å². The van der Waals surface area contributed by atoms with Crippen LogP contribution in [0.1, 0.15) is 32.9 Å². The van der Waals surface area contributed by atoms with Crippen LogP contribution in [0.4, 0.5) is 13.2 Å². The molecule has 7 nitrogen and oxygen atoms in total. The maximum Gasteiger partial charge on any atom is 0.200 e. The number of rotatable bonds is 7.